The lowest BCUT2D eigenvalue weighted by atomic mass is 9.92. The Morgan fingerprint density at radius 3 is 2.67 bits per heavy atom. The van der Waals surface area contributed by atoms with Crippen LogP contribution in [0, 0.1) is 17.2 Å². The fourth-order valence-electron chi connectivity index (χ4n) is 4.99. The molecule has 1 unspecified atom stereocenters. The molecule has 2 aliphatic rings. The highest BCUT2D eigenvalue weighted by Crippen LogP contribution is 2.32. The normalized spacial score (nSPS) is 19.0. The molecule has 3 aromatic rings. The van der Waals surface area contributed by atoms with Gasteiger partial charge in [-0.3, -0.25) is 18.7 Å². The van der Waals surface area contributed by atoms with Gasteiger partial charge < -0.3 is 20.7 Å². The van der Waals surface area contributed by atoms with Crippen LogP contribution in [0.2, 0.25) is 5.02 Å². The summed E-state index contributed by atoms with van der Waals surface area (Å²) >= 11 is 6.13. The number of amides is 3. The van der Waals surface area contributed by atoms with Crippen molar-refractivity contribution in [2.45, 2.75) is 44.9 Å². The fourth-order valence-corrected chi connectivity index (χ4v) is 5.19. The van der Waals surface area contributed by atoms with Crippen LogP contribution in [0.5, 0.6) is 0 Å². The minimum atomic E-state index is -1.73. The van der Waals surface area contributed by atoms with Crippen LogP contribution in [0.15, 0.2) is 40.1 Å². The molecular weight excluding hydrogens is 538 g/mol. The number of nitrogens with zero attached hydrogens (tertiary/aromatic N) is 5. The van der Waals surface area contributed by atoms with E-state index in [1.807, 2.05) is 19.9 Å². The van der Waals surface area contributed by atoms with Crippen molar-refractivity contribution < 1.29 is 14.3 Å². The largest absolute Gasteiger partial charge is 0.367 e. The van der Waals surface area contributed by atoms with E-state index in [-0.39, 0.29) is 47.7 Å². The van der Waals surface area contributed by atoms with Gasteiger partial charge in [-0.15, -0.1) is 0 Å². The molecule has 208 valence electrons. The van der Waals surface area contributed by atoms with Gasteiger partial charge in [0.25, 0.3) is 11.5 Å². The van der Waals surface area contributed by atoms with Crippen molar-refractivity contribution >= 4 is 40.1 Å². The molecule has 1 atom stereocenters. The van der Waals surface area contributed by atoms with E-state index in [9.17, 15) is 19.2 Å². The number of nitrogens with one attached hydrogen (secondary N) is 1. The number of hydrogen-bond donors (Lipinski definition) is 2. The van der Waals surface area contributed by atoms with Crippen molar-refractivity contribution in [2.24, 2.45) is 11.7 Å². The van der Waals surface area contributed by atoms with Crippen LogP contribution < -0.4 is 22.3 Å². The van der Waals surface area contributed by atoms with Gasteiger partial charge in [0.1, 0.15) is 6.07 Å². The zero-order valence-electron chi connectivity index (χ0n) is 22.0. The van der Waals surface area contributed by atoms with Gasteiger partial charge in [-0.25, -0.2) is 14.6 Å². The molecule has 13 heteroatoms. The van der Waals surface area contributed by atoms with E-state index in [0.717, 1.165) is 12.8 Å². The third-order valence-corrected chi connectivity index (χ3v) is 7.58. The number of morpholine rings is 1. The average Bonchev–Trinajstić information content (AvgIpc) is 3.75. The fraction of sp³-hybridized carbons (Fsp3) is 0.407. The van der Waals surface area contributed by atoms with Gasteiger partial charge in [0.05, 0.1) is 29.1 Å². The van der Waals surface area contributed by atoms with Crippen LogP contribution in [0.4, 0.5) is 10.5 Å². The van der Waals surface area contributed by atoms with Gasteiger partial charge in [-0.2, -0.15) is 5.26 Å². The molecule has 2 aromatic heterocycles. The van der Waals surface area contributed by atoms with Crippen LogP contribution in [0.25, 0.3) is 10.9 Å². The highest BCUT2D eigenvalue weighted by molar-refractivity contribution is 6.31. The Kier molecular flexibility index (Phi) is 7.12. The standard InChI is InChI=1S/C27H28ClN7O5/c1-15(2)35-22-6-5-18(10-19(22)23(36)34(26(35)39)13-16-3-4-16)32-25(38)33-7-8-40-27(14-33,24(30)37)17-9-20(28)21(11-29)31-12-17/h5-6,9-10,12,15-16H,3-4,7-8,13-14H2,1-2H3,(H2,30,37)(H,32,38). The van der Waals surface area contributed by atoms with Gasteiger partial charge in [0.15, 0.2) is 11.3 Å². The number of nitrogens with two attached hydrogens (primary N) is 1. The summed E-state index contributed by atoms with van der Waals surface area (Å²) in [5, 5.41) is 12.2. The van der Waals surface area contributed by atoms with E-state index in [2.05, 4.69) is 10.3 Å². The smallest absolute Gasteiger partial charge is 0.331 e. The Balaban J connectivity index is 1.46. The first kappa shape index (κ1) is 27.4. The lowest BCUT2D eigenvalue weighted by molar-refractivity contribution is -0.155. The van der Waals surface area contributed by atoms with Crippen molar-refractivity contribution in [3.63, 3.8) is 0 Å². The molecule has 0 spiro atoms. The molecular formula is C27H28ClN7O5. The number of aromatic nitrogens is 3. The number of benzene rings is 1. The molecule has 1 saturated heterocycles. The second kappa shape index (κ2) is 10.4. The van der Waals surface area contributed by atoms with Crippen LogP contribution in [0.3, 0.4) is 0 Å². The summed E-state index contributed by atoms with van der Waals surface area (Å²) in [6.07, 6.45) is 3.25. The van der Waals surface area contributed by atoms with Crippen molar-refractivity contribution in [3.8, 4) is 6.07 Å². The van der Waals surface area contributed by atoms with E-state index in [1.165, 1.54) is 21.7 Å². The predicted molar refractivity (Wildman–Crippen MR) is 147 cm³/mol. The van der Waals surface area contributed by atoms with E-state index in [4.69, 9.17) is 27.3 Å². The molecule has 3 heterocycles. The molecule has 2 fully saturated rings. The van der Waals surface area contributed by atoms with Gasteiger partial charge in [-0.1, -0.05) is 11.6 Å². The number of halogens is 1. The zero-order chi connectivity index (χ0) is 28.8. The Morgan fingerprint density at radius 2 is 2.05 bits per heavy atom. The Morgan fingerprint density at radius 1 is 1.30 bits per heavy atom. The quantitative estimate of drug-likeness (QED) is 0.462. The van der Waals surface area contributed by atoms with Crippen molar-refractivity contribution in [3.05, 3.63) is 67.6 Å². The summed E-state index contributed by atoms with van der Waals surface area (Å²) in [6, 6.07) is 7.33. The van der Waals surface area contributed by atoms with Crippen LogP contribution in [-0.4, -0.2) is 50.7 Å². The summed E-state index contributed by atoms with van der Waals surface area (Å²) in [6.45, 7) is 4.05. The molecule has 5 rings (SSSR count). The van der Waals surface area contributed by atoms with E-state index in [0.29, 0.717) is 29.1 Å². The first-order valence-corrected chi connectivity index (χ1v) is 13.3. The molecule has 0 radical (unpaired) electrons. The van der Waals surface area contributed by atoms with Crippen LogP contribution in [0.1, 0.15) is 44.0 Å². The number of carbonyl (C=O) groups is 2. The Hall–Kier alpha value is -4.21. The summed E-state index contributed by atoms with van der Waals surface area (Å²) in [5.74, 6) is -0.527. The topological polar surface area (TPSA) is 165 Å². The molecule has 1 aliphatic carbocycles. The number of hydrogen-bond acceptors (Lipinski definition) is 7. The SMILES string of the molecule is CC(C)n1c(=O)n(CC2CC2)c(=O)c2cc(NC(=O)N3CCOC(C(N)=O)(c4cnc(C#N)c(Cl)c4)C3)ccc21. The molecule has 3 amide bonds. The maximum absolute atomic E-state index is 13.3. The maximum Gasteiger partial charge on any atom is 0.331 e. The summed E-state index contributed by atoms with van der Waals surface area (Å²) in [5.41, 5.74) is 4.29. The molecule has 3 N–H and O–H groups in total. The van der Waals surface area contributed by atoms with Crippen molar-refractivity contribution in [1.29, 1.82) is 5.26 Å². The monoisotopic (exact) mass is 565 g/mol. The lowest BCUT2D eigenvalue weighted by Gasteiger charge is -2.40. The van der Waals surface area contributed by atoms with E-state index >= 15 is 0 Å². The second-order valence-electron chi connectivity index (χ2n) is 10.4. The third kappa shape index (κ3) is 4.82. The Labute approximate surface area is 233 Å². The van der Waals surface area contributed by atoms with E-state index in [1.54, 1.807) is 22.8 Å². The number of urea groups is 1. The van der Waals surface area contributed by atoms with Crippen molar-refractivity contribution in [1.82, 2.24) is 19.0 Å². The van der Waals surface area contributed by atoms with Crippen molar-refractivity contribution in [2.75, 3.05) is 25.0 Å². The summed E-state index contributed by atoms with van der Waals surface area (Å²) in [7, 11) is 0. The van der Waals surface area contributed by atoms with Crippen LogP contribution in [-0.2, 0) is 21.7 Å². The average molecular weight is 566 g/mol. The minimum Gasteiger partial charge on any atom is -0.367 e. The number of anilines is 1. The second-order valence-corrected chi connectivity index (χ2v) is 10.8. The maximum atomic E-state index is 13.3. The number of primary amides is 1. The summed E-state index contributed by atoms with van der Waals surface area (Å²) < 4.78 is 8.66. The Bertz CT molecular complexity index is 1690. The van der Waals surface area contributed by atoms with Gasteiger partial charge in [-0.05, 0) is 56.9 Å². The van der Waals surface area contributed by atoms with Gasteiger partial charge >= 0.3 is 11.7 Å². The number of pyridine rings is 1. The van der Waals surface area contributed by atoms with Gasteiger partial charge in [0, 0.05) is 36.6 Å². The van der Waals surface area contributed by atoms with Crippen LogP contribution >= 0.6 is 11.6 Å². The number of rotatable bonds is 6. The minimum absolute atomic E-state index is 0.00175. The molecule has 12 nitrogen and oxygen atoms in total. The highest BCUT2D eigenvalue weighted by atomic mass is 35.5. The number of fused-ring (bicyclic) bond motifs is 1. The molecule has 0 bridgehead atoms. The summed E-state index contributed by atoms with van der Waals surface area (Å²) in [4.78, 5) is 57.8. The predicted octanol–water partition coefficient (Wildman–Crippen LogP) is 2.32. The highest BCUT2D eigenvalue weighted by Gasteiger charge is 2.46. The molecule has 1 saturated carbocycles. The van der Waals surface area contributed by atoms with E-state index < -0.39 is 23.1 Å². The lowest BCUT2D eigenvalue weighted by Crippen LogP contribution is -2.58. The zero-order valence-corrected chi connectivity index (χ0v) is 22.8. The molecule has 1 aromatic carbocycles. The molecule has 1 aliphatic heterocycles. The number of nitriles is 1. The number of ether oxygens (including phenoxy) is 1. The first-order valence-electron chi connectivity index (χ1n) is 12.9. The third-order valence-electron chi connectivity index (χ3n) is 7.30. The molecule has 40 heavy (non-hydrogen) atoms. The van der Waals surface area contributed by atoms with Gasteiger partial charge in [0.2, 0.25) is 0 Å². The first-order chi connectivity index (χ1) is 19.1. The number of carbonyl (C=O) groups excluding carboxylic acids is 2.